The molecule has 1 saturated heterocycles. The van der Waals surface area contributed by atoms with Gasteiger partial charge in [0.2, 0.25) is 17.7 Å². The van der Waals surface area contributed by atoms with Crippen molar-refractivity contribution in [3.8, 4) is 5.75 Å². The van der Waals surface area contributed by atoms with Crippen molar-refractivity contribution in [2.45, 2.75) is 58.0 Å². The van der Waals surface area contributed by atoms with Gasteiger partial charge in [-0.2, -0.15) is 0 Å². The van der Waals surface area contributed by atoms with Crippen molar-refractivity contribution >= 4 is 29.3 Å². The monoisotopic (exact) mass is 520 g/mol. The number of fused-ring (bicyclic) bond motifs is 1. The molecule has 0 spiro atoms. The second-order valence-electron chi connectivity index (χ2n) is 9.86. The summed E-state index contributed by atoms with van der Waals surface area (Å²) in [6, 6.07) is 14.7. The molecule has 4 rings (SSSR count). The SMILES string of the molecule is CC(=O)NC(C)C(=O)NCCCOc1ccc(C(=O)N2CCC(N3C(=O)CCc4ccccc43)CC2)cc1. The summed E-state index contributed by atoms with van der Waals surface area (Å²) in [5.41, 5.74) is 2.84. The number of likely N-dealkylation sites (tertiary alicyclic amines) is 1. The second kappa shape index (κ2) is 12.6. The molecule has 202 valence electrons. The van der Waals surface area contributed by atoms with Crippen molar-refractivity contribution in [3.05, 3.63) is 59.7 Å². The molecule has 0 saturated carbocycles. The highest BCUT2D eigenvalue weighted by molar-refractivity contribution is 5.97. The Morgan fingerprint density at radius 3 is 2.45 bits per heavy atom. The Kier molecular flexibility index (Phi) is 8.99. The standard InChI is InChI=1S/C29H36N4O5/c1-20(31-21(2)34)28(36)30-16-5-19-38-25-11-8-23(9-12-25)29(37)32-17-14-24(15-18-32)33-26-7-4-3-6-22(26)10-13-27(33)35/h3-4,6-9,11-12,20,24H,5,10,13-19H2,1-2H3,(H,30,36)(H,31,34). The summed E-state index contributed by atoms with van der Waals surface area (Å²) >= 11 is 0. The van der Waals surface area contributed by atoms with Gasteiger partial charge in [-0.1, -0.05) is 18.2 Å². The molecule has 1 unspecified atom stereocenters. The summed E-state index contributed by atoms with van der Waals surface area (Å²) in [4.78, 5) is 52.5. The summed E-state index contributed by atoms with van der Waals surface area (Å²) < 4.78 is 5.73. The van der Waals surface area contributed by atoms with Crippen LogP contribution in [0.2, 0.25) is 0 Å². The lowest BCUT2D eigenvalue weighted by Gasteiger charge is -2.41. The minimum Gasteiger partial charge on any atom is -0.494 e. The Morgan fingerprint density at radius 1 is 1.03 bits per heavy atom. The lowest BCUT2D eigenvalue weighted by Crippen LogP contribution is -2.50. The van der Waals surface area contributed by atoms with Crippen molar-refractivity contribution in [2.75, 3.05) is 31.1 Å². The van der Waals surface area contributed by atoms with E-state index in [1.165, 1.54) is 12.5 Å². The number of nitrogens with zero attached hydrogens (tertiary/aromatic N) is 2. The molecule has 1 atom stereocenters. The highest BCUT2D eigenvalue weighted by Gasteiger charge is 2.33. The maximum atomic E-state index is 13.1. The number of amides is 4. The predicted octanol–water partition coefficient (Wildman–Crippen LogP) is 2.68. The maximum absolute atomic E-state index is 13.1. The molecule has 0 aromatic heterocycles. The Balaban J connectivity index is 1.21. The van der Waals surface area contributed by atoms with Gasteiger partial charge in [0.05, 0.1) is 6.61 Å². The van der Waals surface area contributed by atoms with E-state index in [2.05, 4.69) is 16.7 Å². The zero-order valence-corrected chi connectivity index (χ0v) is 22.1. The molecule has 0 bridgehead atoms. The summed E-state index contributed by atoms with van der Waals surface area (Å²) in [6.07, 6.45) is 3.45. The molecule has 2 aromatic carbocycles. The van der Waals surface area contributed by atoms with Crippen LogP contribution in [0.4, 0.5) is 5.69 Å². The van der Waals surface area contributed by atoms with Crippen molar-refractivity contribution in [2.24, 2.45) is 0 Å². The number of ether oxygens (including phenoxy) is 1. The molecule has 2 aliphatic rings. The van der Waals surface area contributed by atoms with E-state index < -0.39 is 6.04 Å². The van der Waals surface area contributed by atoms with E-state index >= 15 is 0 Å². The van der Waals surface area contributed by atoms with Crippen LogP contribution in [-0.4, -0.2) is 66.9 Å². The third-order valence-electron chi connectivity index (χ3n) is 7.05. The first-order valence-corrected chi connectivity index (χ1v) is 13.3. The number of nitrogens with one attached hydrogen (secondary N) is 2. The van der Waals surface area contributed by atoms with Crippen LogP contribution in [0.15, 0.2) is 48.5 Å². The summed E-state index contributed by atoms with van der Waals surface area (Å²) in [5, 5.41) is 5.30. The van der Waals surface area contributed by atoms with E-state index in [0.717, 1.165) is 24.9 Å². The number of carbonyl (C=O) groups excluding carboxylic acids is 4. The van der Waals surface area contributed by atoms with E-state index in [1.54, 1.807) is 31.2 Å². The van der Waals surface area contributed by atoms with Crippen molar-refractivity contribution in [3.63, 3.8) is 0 Å². The highest BCUT2D eigenvalue weighted by Crippen LogP contribution is 2.32. The van der Waals surface area contributed by atoms with E-state index in [1.807, 2.05) is 28.0 Å². The molecule has 9 nitrogen and oxygen atoms in total. The molecule has 4 amide bonds. The predicted molar refractivity (Wildman–Crippen MR) is 144 cm³/mol. The lowest BCUT2D eigenvalue weighted by molar-refractivity contribution is -0.127. The summed E-state index contributed by atoms with van der Waals surface area (Å²) in [6.45, 7) is 5.07. The minimum absolute atomic E-state index is 0.0172. The number of hydrogen-bond acceptors (Lipinski definition) is 5. The Labute approximate surface area is 223 Å². The van der Waals surface area contributed by atoms with Gasteiger partial charge in [0.25, 0.3) is 5.91 Å². The van der Waals surface area contributed by atoms with E-state index in [-0.39, 0.29) is 29.7 Å². The number of carbonyl (C=O) groups is 4. The lowest BCUT2D eigenvalue weighted by atomic mass is 9.95. The minimum atomic E-state index is -0.576. The molecule has 38 heavy (non-hydrogen) atoms. The second-order valence-corrected chi connectivity index (χ2v) is 9.86. The van der Waals surface area contributed by atoms with Crippen molar-refractivity contribution < 1.29 is 23.9 Å². The van der Waals surface area contributed by atoms with Crippen molar-refractivity contribution in [1.82, 2.24) is 15.5 Å². The third-order valence-corrected chi connectivity index (χ3v) is 7.05. The molecule has 2 N–H and O–H groups in total. The number of rotatable bonds is 9. The third kappa shape index (κ3) is 6.70. The van der Waals surface area contributed by atoms with E-state index in [9.17, 15) is 19.2 Å². The fourth-order valence-electron chi connectivity index (χ4n) is 5.05. The fraction of sp³-hybridized carbons (Fsp3) is 0.448. The van der Waals surface area contributed by atoms with E-state index in [0.29, 0.717) is 50.4 Å². The van der Waals surface area contributed by atoms with Crippen LogP contribution in [-0.2, 0) is 20.8 Å². The molecule has 0 aliphatic carbocycles. The zero-order valence-electron chi connectivity index (χ0n) is 22.1. The first kappa shape index (κ1) is 27.2. The quantitative estimate of drug-likeness (QED) is 0.495. The van der Waals surface area contributed by atoms with Gasteiger partial charge in [0.15, 0.2) is 0 Å². The van der Waals surface area contributed by atoms with Gasteiger partial charge >= 0.3 is 0 Å². The van der Waals surface area contributed by atoms with Gasteiger partial charge in [0.1, 0.15) is 11.8 Å². The van der Waals surface area contributed by atoms with Crippen LogP contribution < -0.4 is 20.3 Å². The molecule has 0 radical (unpaired) electrons. The average molecular weight is 521 g/mol. The number of para-hydroxylation sites is 1. The molecule has 2 aliphatic heterocycles. The first-order chi connectivity index (χ1) is 18.3. The van der Waals surface area contributed by atoms with Gasteiger partial charge in [0, 0.05) is 50.3 Å². The Morgan fingerprint density at radius 2 is 1.74 bits per heavy atom. The topological polar surface area (TPSA) is 108 Å². The van der Waals surface area contributed by atoms with Crippen LogP contribution in [0.1, 0.15) is 55.5 Å². The number of hydrogen-bond donors (Lipinski definition) is 2. The smallest absolute Gasteiger partial charge is 0.253 e. The maximum Gasteiger partial charge on any atom is 0.253 e. The first-order valence-electron chi connectivity index (χ1n) is 13.3. The van der Waals surface area contributed by atoms with Crippen LogP contribution in [0.3, 0.4) is 0 Å². The van der Waals surface area contributed by atoms with Gasteiger partial charge in [-0.3, -0.25) is 19.2 Å². The molecule has 9 heteroatoms. The number of anilines is 1. The summed E-state index contributed by atoms with van der Waals surface area (Å²) in [7, 11) is 0. The Bertz CT molecular complexity index is 1160. The molecule has 2 aromatic rings. The molecule has 2 heterocycles. The Hall–Kier alpha value is -3.88. The average Bonchev–Trinajstić information content (AvgIpc) is 2.92. The van der Waals surface area contributed by atoms with Crippen molar-refractivity contribution in [1.29, 1.82) is 0 Å². The van der Waals surface area contributed by atoms with Gasteiger partial charge in [-0.15, -0.1) is 0 Å². The number of aryl methyl sites for hydroxylation is 1. The molecular weight excluding hydrogens is 484 g/mol. The largest absolute Gasteiger partial charge is 0.494 e. The van der Waals surface area contributed by atoms with Gasteiger partial charge in [-0.25, -0.2) is 0 Å². The van der Waals surface area contributed by atoms with Crippen LogP contribution in [0.25, 0.3) is 0 Å². The number of benzene rings is 2. The zero-order chi connectivity index (χ0) is 27.1. The van der Waals surface area contributed by atoms with Crippen LogP contribution >= 0.6 is 0 Å². The number of piperidine rings is 1. The van der Waals surface area contributed by atoms with E-state index in [4.69, 9.17) is 4.74 Å². The molecule has 1 fully saturated rings. The molecular formula is C29H36N4O5. The van der Waals surface area contributed by atoms with Crippen LogP contribution in [0, 0.1) is 0 Å². The summed E-state index contributed by atoms with van der Waals surface area (Å²) in [5.74, 6) is 0.324. The fourth-order valence-corrected chi connectivity index (χ4v) is 5.05. The van der Waals surface area contributed by atoms with Gasteiger partial charge in [-0.05, 0) is 68.5 Å². The normalized spacial score (nSPS) is 16.4. The van der Waals surface area contributed by atoms with Crippen LogP contribution in [0.5, 0.6) is 5.75 Å². The van der Waals surface area contributed by atoms with Gasteiger partial charge < -0.3 is 25.2 Å². The highest BCUT2D eigenvalue weighted by atomic mass is 16.5.